The van der Waals surface area contributed by atoms with Crippen molar-refractivity contribution in [3.05, 3.63) is 68.4 Å². The molecule has 0 saturated carbocycles. The van der Waals surface area contributed by atoms with Crippen LogP contribution in [0, 0.1) is 15.9 Å². The summed E-state index contributed by atoms with van der Waals surface area (Å²) in [4.78, 5) is 34.7. The van der Waals surface area contributed by atoms with Gasteiger partial charge in [0.05, 0.1) is 10.5 Å². The molecule has 0 saturated heterocycles. The molecule has 102 valence electrons. The fourth-order valence-corrected chi connectivity index (χ4v) is 1.49. The minimum Gasteiger partial charge on any atom is -0.328 e. The summed E-state index contributed by atoms with van der Waals surface area (Å²) in [6, 6.07) is 5.47. The molecule has 2 rings (SSSR count). The third-order valence-corrected chi connectivity index (χ3v) is 2.45. The Labute approximate surface area is 111 Å². The van der Waals surface area contributed by atoms with E-state index in [1.807, 2.05) is 0 Å². The number of amides is 1. The van der Waals surface area contributed by atoms with Gasteiger partial charge in [-0.2, -0.15) is 4.39 Å². The normalized spacial score (nSPS) is 10.1. The van der Waals surface area contributed by atoms with E-state index in [-0.39, 0.29) is 16.8 Å². The summed E-state index contributed by atoms with van der Waals surface area (Å²) in [5, 5.41) is 12.9. The van der Waals surface area contributed by atoms with E-state index >= 15 is 0 Å². The first-order valence-corrected chi connectivity index (χ1v) is 5.41. The number of benzene rings is 1. The number of nitrogens with zero attached hydrogens (tertiary/aromatic N) is 1. The largest absolute Gasteiger partial charge is 0.328 e. The van der Waals surface area contributed by atoms with Gasteiger partial charge < -0.3 is 10.3 Å². The summed E-state index contributed by atoms with van der Waals surface area (Å²) in [5.41, 5.74) is -0.853. The first-order valence-electron chi connectivity index (χ1n) is 5.41. The van der Waals surface area contributed by atoms with Crippen LogP contribution in [-0.2, 0) is 0 Å². The second-order valence-corrected chi connectivity index (χ2v) is 3.82. The number of pyridine rings is 1. The number of hydrogen-bond donors (Lipinski definition) is 2. The molecule has 1 aromatic carbocycles. The average Bonchev–Trinajstić information content (AvgIpc) is 2.41. The lowest BCUT2D eigenvalue weighted by molar-refractivity contribution is -0.387. The molecular formula is C12H8FN3O4. The number of hydrogen-bond acceptors (Lipinski definition) is 4. The van der Waals surface area contributed by atoms with Gasteiger partial charge in [0, 0.05) is 24.0 Å². The van der Waals surface area contributed by atoms with E-state index in [0.29, 0.717) is 0 Å². The van der Waals surface area contributed by atoms with Crippen molar-refractivity contribution in [3.63, 3.8) is 0 Å². The fraction of sp³-hybridized carbons (Fsp3) is 0. The van der Waals surface area contributed by atoms with E-state index in [1.165, 1.54) is 24.4 Å². The van der Waals surface area contributed by atoms with Crippen LogP contribution >= 0.6 is 0 Å². The van der Waals surface area contributed by atoms with E-state index in [4.69, 9.17) is 0 Å². The number of aromatic nitrogens is 1. The van der Waals surface area contributed by atoms with Crippen LogP contribution in [-0.4, -0.2) is 15.8 Å². The first-order chi connectivity index (χ1) is 9.47. The smallest absolute Gasteiger partial charge is 0.306 e. The first kappa shape index (κ1) is 13.4. The lowest BCUT2D eigenvalue weighted by atomic mass is 10.2. The van der Waals surface area contributed by atoms with Crippen LogP contribution in [0.4, 0.5) is 15.8 Å². The highest BCUT2D eigenvalue weighted by molar-refractivity contribution is 6.04. The second kappa shape index (κ2) is 5.31. The Kier molecular flexibility index (Phi) is 3.56. The molecule has 1 heterocycles. The van der Waals surface area contributed by atoms with Gasteiger partial charge in [-0.05, 0) is 18.2 Å². The quantitative estimate of drug-likeness (QED) is 0.657. The highest BCUT2D eigenvalue weighted by Crippen LogP contribution is 2.21. The monoisotopic (exact) mass is 277 g/mol. The molecule has 7 nitrogen and oxygen atoms in total. The molecule has 0 radical (unpaired) electrons. The summed E-state index contributed by atoms with van der Waals surface area (Å²) >= 11 is 0. The van der Waals surface area contributed by atoms with Crippen molar-refractivity contribution < 1.29 is 14.1 Å². The number of halogens is 1. The molecule has 0 aliphatic heterocycles. The zero-order valence-corrected chi connectivity index (χ0v) is 9.92. The number of anilines is 1. The lowest BCUT2D eigenvalue weighted by Crippen LogP contribution is -2.14. The average molecular weight is 277 g/mol. The Morgan fingerprint density at radius 1 is 1.30 bits per heavy atom. The van der Waals surface area contributed by atoms with Crippen LogP contribution in [0.2, 0.25) is 0 Å². The number of H-pyrrole nitrogens is 1. The summed E-state index contributed by atoms with van der Waals surface area (Å²) in [6.45, 7) is 0. The minimum absolute atomic E-state index is 0.0781. The number of aromatic amines is 1. The maximum Gasteiger partial charge on any atom is 0.306 e. The molecular weight excluding hydrogens is 269 g/mol. The van der Waals surface area contributed by atoms with Gasteiger partial charge in [-0.25, -0.2) is 0 Å². The van der Waals surface area contributed by atoms with Crippen LogP contribution in [0.3, 0.4) is 0 Å². The molecule has 8 heteroatoms. The summed E-state index contributed by atoms with van der Waals surface area (Å²) in [5.74, 6) is -1.57. The predicted molar refractivity (Wildman–Crippen MR) is 68.1 cm³/mol. The standard InChI is InChI=1S/C12H8FN3O4/c13-9-3-2-8(5-10(9)16(19)20)15-12(18)7-1-4-11(17)14-6-7/h1-6H,(H,14,17)(H,15,18). The Morgan fingerprint density at radius 2 is 2.05 bits per heavy atom. The molecule has 0 bridgehead atoms. The van der Waals surface area contributed by atoms with Gasteiger partial charge in [-0.3, -0.25) is 19.7 Å². The Bertz CT molecular complexity index is 721. The van der Waals surface area contributed by atoms with Crippen LogP contribution in [0.1, 0.15) is 10.4 Å². The Morgan fingerprint density at radius 3 is 2.65 bits per heavy atom. The number of nitro benzene ring substituents is 1. The van der Waals surface area contributed by atoms with E-state index in [1.54, 1.807) is 0 Å². The van der Waals surface area contributed by atoms with Gasteiger partial charge in [0.25, 0.3) is 5.91 Å². The van der Waals surface area contributed by atoms with Gasteiger partial charge >= 0.3 is 5.69 Å². The molecule has 0 aliphatic carbocycles. The highest BCUT2D eigenvalue weighted by Gasteiger charge is 2.15. The Hall–Kier alpha value is -3.03. The van der Waals surface area contributed by atoms with Gasteiger partial charge in [0.2, 0.25) is 11.4 Å². The highest BCUT2D eigenvalue weighted by atomic mass is 19.1. The maximum absolute atomic E-state index is 13.1. The molecule has 2 aromatic rings. The molecule has 20 heavy (non-hydrogen) atoms. The van der Waals surface area contributed by atoms with Crippen LogP contribution < -0.4 is 10.9 Å². The maximum atomic E-state index is 13.1. The van der Waals surface area contributed by atoms with Crippen molar-refractivity contribution in [2.75, 3.05) is 5.32 Å². The van der Waals surface area contributed by atoms with E-state index < -0.39 is 22.3 Å². The van der Waals surface area contributed by atoms with Gasteiger partial charge in [-0.1, -0.05) is 0 Å². The number of nitro groups is 1. The molecule has 0 fully saturated rings. The van der Waals surface area contributed by atoms with Gasteiger partial charge in [-0.15, -0.1) is 0 Å². The zero-order valence-electron chi connectivity index (χ0n) is 9.92. The third kappa shape index (κ3) is 2.86. The van der Waals surface area contributed by atoms with Crippen molar-refractivity contribution in [3.8, 4) is 0 Å². The van der Waals surface area contributed by atoms with Crippen molar-refractivity contribution in [2.45, 2.75) is 0 Å². The fourth-order valence-electron chi connectivity index (χ4n) is 1.49. The SMILES string of the molecule is O=C(Nc1ccc(F)c([N+](=O)[O-])c1)c1ccc(=O)[nH]c1. The summed E-state index contributed by atoms with van der Waals surface area (Å²) < 4.78 is 13.1. The van der Waals surface area contributed by atoms with Gasteiger partial charge in [0.15, 0.2) is 0 Å². The van der Waals surface area contributed by atoms with E-state index in [9.17, 15) is 24.1 Å². The summed E-state index contributed by atoms with van der Waals surface area (Å²) in [7, 11) is 0. The van der Waals surface area contributed by atoms with Crippen molar-refractivity contribution in [1.82, 2.24) is 4.98 Å². The van der Waals surface area contributed by atoms with E-state index in [0.717, 1.165) is 12.1 Å². The molecule has 0 spiro atoms. The minimum atomic E-state index is -0.989. The number of nitrogens with one attached hydrogen (secondary N) is 2. The number of carbonyl (C=O) groups is 1. The van der Waals surface area contributed by atoms with Crippen molar-refractivity contribution in [2.24, 2.45) is 0 Å². The third-order valence-electron chi connectivity index (χ3n) is 2.45. The molecule has 0 unspecified atom stereocenters. The van der Waals surface area contributed by atoms with Gasteiger partial charge in [0.1, 0.15) is 0 Å². The molecule has 0 atom stereocenters. The second-order valence-electron chi connectivity index (χ2n) is 3.82. The molecule has 0 aliphatic rings. The predicted octanol–water partition coefficient (Wildman–Crippen LogP) is 1.67. The molecule has 1 amide bonds. The molecule has 2 N–H and O–H groups in total. The molecule has 1 aromatic heterocycles. The number of carbonyl (C=O) groups excluding carboxylic acids is 1. The van der Waals surface area contributed by atoms with E-state index in [2.05, 4.69) is 10.3 Å². The zero-order chi connectivity index (χ0) is 14.7. The number of rotatable bonds is 3. The lowest BCUT2D eigenvalue weighted by Gasteiger charge is -2.05. The Balaban J connectivity index is 2.24. The van der Waals surface area contributed by atoms with Crippen LogP contribution in [0.5, 0.6) is 0 Å². The van der Waals surface area contributed by atoms with Crippen LogP contribution in [0.15, 0.2) is 41.3 Å². The van der Waals surface area contributed by atoms with Crippen molar-refractivity contribution >= 4 is 17.3 Å². The topological polar surface area (TPSA) is 105 Å². The summed E-state index contributed by atoms with van der Waals surface area (Å²) in [6.07, 6.45) is 1.20. The van der Waals surface area contributed by atoms with Crippen molar-refractivity contribution in [1.29, 1.82) is 0 Å². The van der Waals surface area contributed by atoms with Crippen LogP contribution in [0.25, 0.3) is 0 Å².